The van der Waals surface area contributed by atoms with Gasteiger partial charge in [-0.1, -0.05) is 90.7 Å². The Morgan fingerprint density at radius 3 is 1.76 bits per heavy atom. The number of methoxy groups -OCH3 is 2. The van der Waals surface area contributed by atoms with Crippen molar-refractivity contribution in [3.05, 3.63) is 71.8 Å². The van der Waals surface area contributed by atoms with E-state index in [2.05, 4.69) is 48.9 Å². The molecule has 0 aliphatic rings. The fourth-order valence-corrected chi connectivity index (χ4v) is 2.99. The molecule has 1 atom stereocenters. The highest BCUT2D eigenvalue weighted by atomic mass is 127. The molecule has 0 amide bonds. The number of rotatable bonds is 10. The molecule has 0 aliphatic carbocycles. The normalized spacial score (nSPS) is 9.42. The van der Waals surface area contributed by atoms with Crippen LogP contribution in [-0.4, -0.2) is 48.9 Å². The first kappa shape index (κ1) is 39.7. The number of ether oxygens (including phenoxy) is 2. The summed E-state index contributed by atoms with van der Waals surface area (Å²) in [6.07, 6.45) is 14.1. The molecular weight excluding hydrogens is 615 g/mol. The number of benzene rings is 2. The van der Waals surface area contributed by atoms with E-state index in [9.17, 15) is 9.59 Å². The molecule has 0 fully saturated rings. The summed E-state index contributed by atoms with van der Waals surface area (Å²) in [6.45, 7) is 0.0234. The summed E-state index contributed by atoms with van der Waals surface area (Å²) >= 11 is 2.32. The third-order valence-electron chi connectivity index (χ3n) is 4.48. The van der Waals surface area contributed by atoms with E-state index in [1.54, 1.807) is 0 Å². The summed E-state index contributed by atoms with van der Waals surface area (Å²) in [6, 6.07) is 19.1. The quantitative estimate of drug-likeness (QED) is 0.0863. The van der Waals surface area contributed by atoms with Gasteiger partial charge in [-0.15, -0.1) is 37.1 Å². The minimum Gasteiger partial charge on any atom is -0.468 e. The minimum atomic E-state index is -0.520. The first-order chi connectivity index (χ1) is 17.4. The number of carbonyl (C=O) groups is 2. The van der Waals surface area contributed by atoms with Gasteiger partial charge in [0.2, 0.25) is 0 Å². The minimum absolute atomic E-state index is 0. The van der Waals surface area contributed by atoms with Crippen LogP contribution in [-0.2, 0) is 19.1 Å². The molecule has 2 aromatic carbocycles. The van der Waals surface area contributed by atoms with E-state index in [1.165, 1.54) is 18.6 Å². The van der Waals surface area contributed by atoms with Crippen LogP contribution in [0.1, 0.15) is 50.7 Å². The van der Waals surface area contributed by atoms with Crippen molar-refractivity contribution in [2.24, 2.45) is 10.7 Å². The zero-order valence-corrected chi connectivity index (χ0v) is 24.4. The fourth-order valence-electron chi connectivity index (χ4n) is 2.61. The highest BCUT2D eigenvalue weighted by molar-refractivity contribution is 14.1. The molecule has 8 heteroatoms. The smallest absolute Gasteiger partial charge is 0.327 e. The molecule has 0 aromatic heterocycles. The molecule has 0 heterocycles. The Bertz CT molecular complexity index is 945. The molecule has 0 bridgehead atoms. The Balaban J connectivity index is -0.000000553. The third kappa shape index (κ3) is 19.3. The van der Waals surface area contributed by atoms with Crippen molar-refractivity contribution in [2.75, 3.05) is 25.2 Å². The number of carbonyl (C=O) groups excluding carboxylic acids is 2. The molecule has 2 aromatic rings. The molecule has 0 radical (unpaired) electrons. The first-order valence-corrected chi connectivity index (χ1v) is 13.0. The fraction of sp³-hybridized carbons (Fsp3) is 0.367. The number of esters is 2. The summed E-state index contributed by atoms with van der Waals surface area (Å²) in [5.41, 5.74) is 8.19. The van der Waals surface area contributed by atoms with Crippen molar-refractivity contribution in [1.29, 1.82) is 0 Å². The van der Waals surface area contributed by atoms with E-state index in [0.29, 0.717) is 12.8 Å². The van der Waals surface area contributed by atoms with Crippen LogP contribution < -0.4 is 5.73 Å². The molecule has 2 rings (SSSR count). The SMILES string of the molecule is C.C#CCCCC(N)C(=O)OC.C#CCCCI.COC(=O)CN=C(c1ccccc1)c1ccccc1.Cl. The van der Waals surface area contributed by atoms with Gasteiger partial charge in [0.15, 0.2) is 0 Å². The lowest BCUT2D eigenvalue weighted by atomic mass is 10.0. The average molecular weight is 655 g/mol. The average Bonchev–Trinajstić information content (AvgIpc) is 2.93. The Morgan fingerprint density at radius 1 is 0.921 bits per heavy atom. The topological polar surface area (TPSA) is 91.0 Å². The molecule has 2 N–H and O–H groups in total. The van der Waals surface area contributed by atoms with Gasteiger partial charge in [-0.3, -0.25) is 14.6 Å². The number of hydrogen-bond acceptors (Lipinski definition) is 6. The van der Waals surface area contributed by atoms with E-state index >= 15 is 0 Å². The van der Waals surface area contributed by atoms with E-state index in [-0.39, 0.29) is 38.3 Å². The number of aliphatic imine (C=N–C) groups is 1. The summed E-state index contributed by atoms with van der Waals surface area (Å²) in [7, 11) is 2.69. The number of nitrogens with two attached hydrogens (primary N) is 1. The van der Waals surface area contributed by atoms with E-state index in [0.717, 1.165) is 36.1 Å². The number of unbranched alkanes of at least 4 members (excludes halogenated alkanes) is 2. The highest BCUT2D eigenvalue weighted by Gasteiger charge is 2.11. The predicted molar refractivity (Wildman–Crippen MR) is 169 cm³/mol. The number of nitrogens with zero attached hydrogens (tertiary/aromatic N) is 1. The molecular formula is C30H40ClIN2O4. The molecule has 0 aliphatic heterocycles. The van der Waals surface area contributed by atoms with Crippen LogP contribution in [0.5, 0.6) is 0 Å². The molecule has 208 valence electrons. The van der Waals surface area contributed by atoms with Crippen LogP contribution in [0.25, 0.3) is 0 Å². The molecule has 38 heavy (non-hydrogen) atoms. The lowest BCUT2D eigenvalue weighted by Crippen LogP contribution is -2.31. The van der Waals surface area contributed by atoms with Crippen molar-refractivity contribution in [3.63, 3.8) is 0 Å². The number of hydrogen-bond donors (Lipinski definition) is 1. The van der Waals surface area contributed by atoms with Crippen molar-refractivity contribution in [2.45, 2.75) is 45.6 Å². The summed E-state index contributed by atoms with van der Waals surface area (Å²) < 4.78 is 10.2. The molecule has 0 saturated heterocycles. The Morgan fingerprint density at radius 2 is 1.39 bits per heavy atom. The molecule has 1 unspecified atom stereocenters. The zero-order valence-electron chi connectivity index (χ0n) is 21.4. The maximum absolute atomic E-state index is 11.2. The second-order valence-electron chi connectivity index (χ2n) is 7.20. The number of halogens is 2. The van der Waals surface area contributed by atoms with Crippen LogP contribution in [0.15, 0.2) is 65.7 Å². The third-order valence-corrected chi connectivity index (χ3v) is 5.25. The van der Waals surface area contributed by atoms with Crippen LogP contribution in [0.4, 0.5) is 0 Å². The second kappa shape index (κ2) is 27.2. The highest BCUT2D eigenvalue weighted by Crippen LogP contribution is 2.11. The monoisotopic (exact) mass is 654 g/mol. The van der Waals surface area contributed by atoms with E-state index < -0.39 is 6.04 Å². The van der Waals surface area contributed by atoms with Crippen molar-refractivity contribution in [3.8, 4) is 24.7 Å². The maximum Gasteiger partial charge on any atom is 0.327 e. The molecule has 6 nitrogen and oxygen atoms in total. The molecule has 0 spiro atoms. The van der Waals surface area contributed by atoms with Crippen LogP contribution >= 0.6 is 35.0 Å². The number of alkyl halides is 1. The Labute approximate surface area is 248 Å². The Kier molecular flexibility index (Phi) is 28.4. The predicted octanol–water partition coefficient (Wildman–Crippen LogP) is 5.88. The summed E-state index contributed by atoms with van der Waals surface area (Å²) in [4.78, 5) is 26.3. The first-order valence-electron chi connectivity index (χ1n) is 11.4. The summed E-state index contributed by atoms with van der Waals surface area (Å²) in [5.74, 6) is 4.32. The van der Waals surface area contributed by atoms with Gasteiger partial charge in [-0.25, -0.2) is 0 Å². The van der Waals surface area contributed by atoms with E-state index in [4.69, 9.17) is 18.6 Å². The zero-order chi connectivity index (χ0) is 27.0. The second-order valence-corrected chi connectivity index (χ2v) is 8.27. The van der Waals surface area contributed by atoms with Crippen LogP contribution in [0, 0.1) is 24.7 Å². The Hall–Kier alpha value is -2.85. The summed E-state index contributed by atoms with van der Waals surface area (Å²) in [5, 5.41) is 0. The van der Waals surface area contributed by atoms with Crippen molar-refractivity contribution >= 4 is 52.6 Å². The van der Waals surface area contributed by atoms with Crippen molar-refractivity contribution in [1.82, 2.24) is 0 Å². The van der Waals surface area contributed by atoms with E-state index in [1.807, 2.05) is 60.7 Å². The van der Waals surface area contributed by atoms with Gasteiger partial charge < -0.3 is 15.2 Å². The van der Waals surface area contributed by atoms with Gasteiger partial charge >= 0.3 is 11.9 Å². The van der Waals surface area contributed by atoms with Crippen LogP contribution in [0.3, 0.4) is 0 Å². The van der Waals surface area contributed by atoms with Gasteiger partial charge in [0, 0.05) is 28.4 Å². The van der Waals surface area contributed by atoms with Gasteiger partial charge in [0.05, 0.1) is 19.9 Å². The standard InChI is InChI=1S/C16H15NO2.C8H13NO2.C5H7I.CH4.ClH/c1-19-15(18)12-17-16(13-8-4-2-5-9-13)14-10-6-3-7-11-14;1-3-4-5-6-7(9)8(10)11-2;1-2-3-4-5-6;;/h2-11H,12H2,1H3;1,7H,4-6,9H2,2H3;1H,3-5H2;1H4;1H. The molecule has 0 saturated carbocycles. The van der Waals surface area contributed by atoms with Gasteiger partial charge in [0.25, 0.3) is 0 Å². The lowest BCUT2D eigenvalue weighted by molar-refractivity contribution is -0.142. The van der Waals surface area contributed by atoms with Gasteiger partial charge in [-0.2, -0.15) is 0 Å². The van der Waals surface area contributed by atoms with Gasteiger partial charge in [-0.05, 0) is 19.3 Å². The van der Waals surface area contributed by atoms with Gasteiger partial charge in [0.1, 0.15) is 12.6 Å². The van der Waals surface area contributed by atoms with Crippen molar-refractivity contribution < 1.29 is 19.1 Å². The maximum atomic E-state index is 11.2. The lowest BCUT2D eigenvalue weighted by Gasteiger charge is -2.07. The number of terminal acetylenes is 2. The largest absolute Gasteiger partial charge is 0.468 e. The van der Waals surface area contributed by atoms with Crippen LogP contribution in [0.2, 0.25) is 0 Å².